The maximum absolute atomic E-state index is 5.49. The summed E-state index contributed by atoms with van der Waals surface area (Å²) in [5.41, 5.74) is 2.11. The Kier molecular flexibility index (Phi) is 4.17. The lowest BCUT2D eigenvalue weighted by Gasteiger charge is -2.20. The first-order chi connectivity index (χ1) is 8.60. The molecule has 2 rings (SSSR count). The number of nitrogens with one attached hydrogen (secondary N) is 1. The van der Waals surface area contributed by atoms with Gasteiger partial charge in [0.25, 0.3) is 0 Å². The van der Waals surface area contributed by atoms with E-state index in [1.165, 1.54) is 6.42 Å². The van der Waals surface area contributed by atoms with Crippen molar-refractivity contribution in [3.8, 4) is 0 Å². The number of methoxy groups -OCH3 is 1. The summed E-state index contributed by atoms with van der Waals surface area (Å²) in [6.07, 6.45) is 3.75. The monoisotopic (exact) mass is 249 g/mol. The first-order valence-corrected chi connectivity index (χ1v) is 6.75. The van der Waals surface area contributed by atoms with Crippen LogP contribution in [0.4, 0.5) is 5.95 Å². The van der Waals surface area contributed by atoms with Crippen molar-refractivity contribution < 1.29 is 4.74 Å². The highest BCUT2D eigenvalue weighted by molar-refractivity contribution is 5.31. The average Bonchev–Trinajstić information content (AvgIpc) is 2.75. The summed E-state index contributed by atoms with van der Waals surface area (Å²) in [4.78, 5) is 9.06. The zero-order chi connectivity index (χ0) is 13.1. The van der Waals surface area contributed by atoms with Gasteiger partial charge in [0, 0.05) is 18.5 Å². The molecule has 1 N–H and O–H groups in total. The van der Waals surface area contributed by atoms with E-state index in [1.807, 2.05) is 6.92 Å². The number of anilines is 1. The summed E-state index contributed by atoms with van der Waals surface area (Å²) in [6, 6.07) is 2.40. The topological polar surface area (TPSA) is 47.0 Å². The van der Waals surface area contributed by atoms with E-state index < -0.39 is 0 Å². The minimum atomic E-state index is 0.289. The third-order valence-electron chi connectivity index (χ3n) is 3.54. The van der Waals surface area contributed by atoms with E-state index in [0.717, 1.165) is 30.2 Å². The van der Waals surface area contributed by atoms with E-state index in [9.17, 15) is 0 Å². The lowest BCUT2D eigenvalue weighted by molar-refractivity contribution is 0.101. The maximum atomic E-state index is 5.49. The van der Waals surface area contributed by atoms with Crippen molar-refractivity contribution in [2.45, 2.75) is 58.1 Å². The van der Waals surface area contributed by atoms with Gasteiger partial charge in [0.1, 0.15) is 0 Å². The van der Waals surface area contributed by atoms with E-state index in [2.05, 4.69) is 35.2 Å². The van der Waals surface area contributed by atoms with Crippen molar-refractivity contribution in [1.29, 1.82) is 0 Å². The molecule has 4 nitrogen and oxygen atoms in total. The molecule has 0 radical (unpaired) electrons. The molecule has 4 heteroatoms. The van der Waals surface area contributed by atoms with Crippen LogP contribution in [-0.2, 0) is 4.74 Å². The molecule has 0 spiro atoms. The van der Waals surface area contributed by atoms with E-state index in [4.69, 9.17) is 4.74 Å². The highest BCUT2D eigenvalue weighted by Gasteiger charge is 2.27. The maximum Gasteiger partial charge on any atom is 0.223 e. The van der Waals surface area contributed by atoms with Crippen LogP contribution in [0.5, 0.6) is 0 Å². The second-order valence-electron chi connectivity index (χ2n) is 5.37. The van der Waals surface area contributed by atoms with Gasteiger partial charge < -0.3 is 10.1 Å². The van der Waals surface area contributed by atoms with Gasteiger partial charge in [0.05, 0.1) is 12.1 Å². The third-order valence-corrected chi connectivity index (χ3v) is 3.54. The average molecular weight is 249 g/mol. The van der Waals surface area contributed by atoms with E-state index in [1.54, 1.807) is 7.11 Å². The van der Waals surface area contributed by atoms with E-state index in [-0.39, 0.29) is 6.10 Å². The Labute approximate surface area is 109 Å². The highest BCUT2D eigenvalue weighted by Crippen LogP contribution is 2.24. The van der Waals surface area contributed by atoms with Gasteiger partial charge in [0.2, 0.25) is 5.95 Å². The predicted octanol–water partition coefficient (Wildman–Crippen LogP) is 2.89. The largest absolute Gasteiger partial charge is 0.379 e. The summed E-state index contributed by atoms with van der Waals surface area (Å²) in [7, 11) is 1.78. The molecule has 1 fully saturated rings. The SMILES string of the molecule is COC1CCCC1Nc1nc(C)cc(C(C)C)n1. The van der Waals surface area contributed by atoms with Crippen LogP contribution in [0.1, 0.15) is 50.4 Å². The third kappa shape index (κ3) is 2.99. The second-order valence-corrected chi connectivity index (χ2v) is 5.37. The molecule has 18 heavy (non-hydrogen) atoms. The van der Waals surface area contributed by atoms with Gasteiger partial charge in [0.15, 0.2) is 0 Å². The fourth-order valence-corrected chi connectivity index (χ4v) is 2.49. The standard InChI is InChI=1S/C14H23N3O/c1-9(2)12-8-10(3)15-14(17-12)16-11-6-5-7-13(11)18-4/h8-9,11,13H,5-7H2,1-4H3,(H,15,16,17). The van der Waals surface area contributed by atoms with Crippen molar-refractivity contribution >= 4 is 5.95 Å². The van der Waals surface area contributed by atoms with E-state index in [0.29, 0.717) is 12.0 Å². The molecule has 1 aliphatic carbocycles. The van der Waals surface area contributed by atoms with Crippen molar-refractivity contribution in [2.75, 3.05) is 12.4 Å². The van der Waals surface area contributed by atoms with Crippen LogP contribution in [0.25, 0.3) is 0 Å². The Morgan fingerprint density at radius 1 is 1.33 bits per heavy atom. The highest BCUT2D eigenvalue weighted by atomic mass is 16.5. The van der Waals surface area contributed by atoms with Crippen molar-refractivity contribution in [3.63, 3.8) is 0 Å². The predicted molar refractivity (Wildman–Crippen MR) is 72.9 cm³/mol. The molecule has 1 aromatic rings. The molecule has 1 saturated carbocycles. The normalized spacial score (nSPS) is 23.6. The summed E-state index contributed by atoms with van der Waals surface area (Å²) in [6.45, 7) is 6.32. The number of aromatic nitrogens is 2. The molecule has 1 aliphatic rings. The molecule has 0 bridgehead atoms. The fourth-order valence-electron chi connectivity index (χ4n) is 2.49. The summed E-state index contributed by atoms with van der Waals surface area (Å²) < 4.78 is 5.49. The fraction of sp³-hybridized carbons (Fsp3) is 0.714. The molecule has 2 atom stereocenters. The molecule has 0 aliphatic heterocycles. The minimum absolute atomic E-state index is 0.289. The number of hydrogen-bond donors (Lipinski definition) is 1. The quantitative estimate of drug-likeness (QED) is 0.891. The summed E-state index contributed by atoms with van der Waals surface area (Å²) in [5.74, 6) is 1.17. The molecule has 0 aromatic carbocycles. The van der Waals surface area contributed by atoms with Crippen molar-refractivity contribution in [1.82, 2.24) is 9.97 Å². The molecule has 2 unspecified atom stereocenters. The first-order valence-electron chi connectivity index (χ1n) is 6.75. The number of nitrogens with zero attached hydrogens (tertiary/aromatic N) is 2. The van der Waals surface area contributed by atoms with Crippen LogP contribution in [0.2, 0.25) is 0 Å². The number of hydrogen-bond acceptors (Lipinski definition) is 4. The minimum Gasteiger partial charge on any atom is -0.379 e. The lowest BCUT2D eigenvalue weighted by atomic mass is 10.1. The first kappa shape index (κ1) is 13.3. The Morgan fingerprint density at radius 2 is 2.11 bits per heavy atom. The van der Waals surface area contributed by atoms with Gasteiger partial charge in [-0.25, -0.2) is 9.97 Å². The van der Waals surface area contributed by atoms with Crippen molar-refractivity contribution in [3.05, 3.63) is 17.5 Å². The second kappa shape index (κ2) is 5.65. The summed E-state index contributed by atoms with van der Waals surface area (Å²) >= 11 is 0. The smallest absolute Gasteiger partial charge is 0.223 e. The van der Waals surface area contributed by atoms with Crippen LogP contribution in [-0.4, -0.2) is 29.2 Å². The molecule has 100 valence electrons. The summed E-state index contributed by atoms with van der Waals surface area (Å²) in [5, 5.41) is 3.43. The Hall–Kier alpha value is -1.16. The van der Waals surface area contributed by atoms with Gasteiger partial charge in [-0.3, -0.25) is 0 Å². The van der Waals surface area contributed by atoms with Crippen LogP contribution in [0.3, 0.4) is 0 Å². The Morgan fingerprint density at radius 3 is 2.78 bits per heavy atom. The number of aryl methyl sites for hydroxylation is 1. The van der Waals surface area contributed by atoms with Crippen LogP contribution in [0, 0.1) is 6.92 Å². The molecular weight excluding hydrogens is 226 g/mol. The lowest BCUT2D eigenvalue weighted by Crippen LogP contribution is -2.30. The Bertz CT molecular complexity index is 406. The van der Waals surface area contributed by atoms with Crippen molar-refractivity contribution in [2.24, 2.45) is 0 Å². The van der Waals surface area contributed by atoms with Crippen LogP contribution >= 0.6 is 0 Å². The van der Waals surface area contributed by atoms with Crippen LogP contribution in [0.15, 0.2) is 6.07 Å². The molecule has 0 saturated heterocycles. The van der Waals surface area contributed by atoms with E-state index >= 15 is 0 Å². The van der Waals surface area contributed by atoms with Gasteiger partial charge in [-0.05, 0) is 38.2 Å². The van der Waals surface area contributed by atoms with Gasteiger partial charge in [-0.2, -0.15) is 0 Å². The zero-order valence-electron chi connectivity index (χ0n) is 11.7. The number of rotatable bonds is 4. The van der Waals surface area contributed by atoms with Gasteiger partial charge in [-0.15, -0.1) is 0 Å². The Balaban J connectivity index is 2.13. The molecule has 1 aromatic heterocycles. The van der Waals surface area contributed by atoms with Crippen LogP contribution < -0.4 is 5.32 Å². The zero-order valence-corrected chi connectivity index (χ0v) is 11.7. The molecule has 1 heterocycles. The van der Waals surface area contributed by atoms with Gasteiger partial charge in [-0.1, -0.05) is 13.8 Å². The van der Waals surface area contributed by atoms with Gasteiger partial charge >= 0.3 is 0 Å². The molecular formula is C14H23N3O. The number of ether oxygens (including phenoxy) is 1. The molecule has 0 amide bonds.